The number of methoxy groups -OCH3 is 1. The Morgan fingerprint density at radius 2 is 1.76 bits per heavy atom. The van der Waals surface area contributed by atoms with E-state index >= 15 is 0 Å². The first-order chi connectivity index (χ1) is 10.0. The first kappa shape index (κ1) is 15.7. The van der Waals surface area contributed by atoms with Crippen LogP contribution in [-0.2, 0) is 0 Å². The van der Waals surface area contributed by atoms with Gasteiger partial charge in [0.15, 0.2) is 5.78 Å². The van der Waals surface area contributed by atoms with Crippen molar-refractivity contribution in [1.82, 2.24) is 0 Å². The van der Waals surface area contributed by atoms with Crippen molar-refractivity contribution in [1.29, 1.82) is 0 Å². The summed E-state index contributed by atoms with van der Waals surface area (Å²) in [5.41, 5.74) is 1.48. The van der Waals surface area contributed by atoms with Crippen LogP contribution in [0.15, 0.2) is 42.5 Å². The number of hydrogen-bond acceptors (Lipinski definition) is 3. The second-order valence-electron chi connectivity index (χ2n) is 4.61. The Labute approximate surface area is 134 Å². The standard InChI is InChI=1S/C16H15Cl2NO2/c1-19(12-4-6-13(21-2)7-5-12)10-16(20)11-3-8-14(17)15(18)9-11/h3-9H,10H2,1-2H3. The van der Waals surface area contributed by atoms with E-state index in [1.807, 2.05) is 36.2 Å². The largest absolute Gasteiger partial charge is 0.497 e. The minimum atomic E-state index is -0.0214. The van der Waals surface area contributed by atoms with Crippen molar-refractivity contribution in [2.24, 2.45) is 0 Å². The zero-order chi connectivity index (χ0) is 15.4. The normalized spacial score (nSPS) is 10.3. The molecule has 0 aromatic heterocycles. The van der Waals surface area contributed by atoms with E-state index in [0.717, 1.165) is 11.4 Å². The molecule has 0 N–H and O–H groups in total. The van der Waals surface area contributed by atoms with Crippen LogP contribution in [0.5, 0.6) is 5.75 Å². The van der Waals surface area contributed by atoms with Crippen molar-refractivity contribution < 1.29 is 9.53 Å². The van der Waals surface area contributed by atoms with E-state index in [1.54, 1.807) is 25.3 Å². The molecule has 0 bridgehead atoms. The van der Waals surface area contributed by atoms with Crippen LogP contribution in [0.3, 0.4) is 0 Å². The molecule has 0 saturated heterocycles. The van der Waals surface area contributed by atoms with Gasteiger partial charge in [-0.2, -0.15) is 0 Å². The van der Waals surface area contributed by atoms with Crippen LogP contribution in [0.4, 0.5) is 5.69 Å². The Hall–Kier alpha value is -1.71. The van der Waals surface area contributed by atoms with Gasteiger partial charge in [0.05, 0.1) is 23.7 Å². The predicted octanol–water partition coefficient (Wildman–Crippen LogP) is 4.32. The van der Waals surface area contributed by atoms with Gasteiger partial charge < -0.3 is 9.64 Å². The second-order valence-corrected chi connectivity index (χ2v) is 5.42. The van der Waals surface area contributed by atoms with Crippen molar-refractivity contribution in [3.8, 4) is 5.75 Å². The number of hydrogen-bond donors (Lipinski definition) is 0. The number of carbonyl (C=O) groups is 1. The zero-order valence-electron chi connectivity index (χ0n) is 11.8. The van der Waals surface area contributed by atoms with Gasteiger partial charge in [0.1, 0.15) is 5.75 Å². The predicted molar refractivity (Wildman–Crippen MR) is 87.1 cm³/mol. The summed E-state index contributed by atoms with van der Waals surface area (Å²) in [5, 5.41) is 0.825. The maximum Gasteiger partial charge on any atom is 0.182 e. The van der Waals surface area contributed by atoms with Crippen LogP contribution < -0.4 is 9.64 Å². The van der Waals surface area contributed by atoms with Crippen molar-refractivity contribution in [3.05, 3.63) is 58.1 Å². The SMILES string of the molecule is COc1ccc(N(C)CC(=O)c2ccc(Cl)c(Cl)c2)cc1. The van der Waals surface area contributed by atoms with Gasteiger partial charge in [0, 0.05) is 18.3 Å². The van der Waals surface area contributed by atoms with Crippen molar-refractivity contribution in [2.45, 2.75) is 0 Å². The number of likely N-dealkylation sites (N-methyl/N-ethyl adjacent to an activating group) is 1. The lowest BCUT2D eigenvalue weighted by molar-refractivity contribution is 0.100. The third kappa shape index (κ3) is 3.90. The molecule has 0 heterocycles. The minimum absolute atomic E-state index is 0.0214. The summed E-state index contributed by atoms with van der Waals surface area (Å²) in [5.74, 6) is 0.759. The average molecular weight is 324 g/mol. The van der Waals surface area contributed by atoms with Gasteiger partial charge in [0.2, 0.25) is 0 Å². The van der Waals surface area contributed by atoms with Gasteiger partial charge in [0.25, 0.3) is 0 Å². The highest BCUT2D eigenvalue weighted by molar-refractivity contribution is 6.42. The second kappa shape index (κ2) is 6.83. The Kier molecular flexibility index (Phi) is 5.10. The Morgan fingerprint density at radius 3 is 2.33 bits per heavy atom. The topological polar surface area (TPSA) is 29.5 Å². The number of rotatable bonds is 5. The summed E-state index contributed by atoms with van der Waals surface area (Å²) < 4.78 is 5.11. The number of ether oxygens (including phenoxy) is 1. The highest BCUT2D eigenvalue weighted by atomic mass is 35.5. The molecule has 2 aromatic rings. The maximum absolute atomic E-state index is 12.2. The van der Waals surface area contributed by atoms with E-state index < -0.39 is 0 Å². The minimum Gasteiger partial charge on any atom is -0.497 e. The molecular weight excluding hydrogens is 309 g/mol. The summed E-state index contributed by atoms with van der Waals surface area (Å²) in [6, 6.07) is 12.4. The molecule has 0 spiro atoms. The van der Waals surface area contributed by atoms with Crippen LogP contribution in [-0.4, -0.2) is 26.5 Å². The van der Waals surface area contributed by atoms with E-state index in [1.165, 1.54) is 0 Å². The van der Waals surface area contributed by atoms with Crippen molar-refractivity contribution >= 4 is 34.7 Å². The van der Waals surface area contributed by atoms with Gasteiger partial charge in [-0.15, -0.1) is 0 Å². The molecule has 0 aliphatic carbocycles. The molecule has 0 atom stereocenters. The van der Waals surface area contributed by atoms with Gasteiger partial charge in [-0.1, -0.05) is 23.2 Å². The molecule has 0 amide bonds. The average Bonchev–Trinajstić information content (AvgIpc) is 2.50. The fraction of sp³-hybridized carbons (Fsp3) is 0.188. The van der Waals surface area contributed by atoms with Crippen molar-refractivity contribution in [2.75, 3.05) is 25.6 Å². The van der Waals surface area contributed by atoms with Crippen molar-refractivity contribution in [3.63, 3.8) is 0 Å². The lowest BCUT2D eigenvalue weighted by atomic mass is 10.1. The molecule has 21 heavy (non-hydrogen) atoms. The first-order valence-electron chi connectivity index (χ1n) is 6.34. The van der Waals surface area contributed by atoms with E-state index in [9.17, 15) is 4.79 Å². The molecule has 110 valence electrons. The van der Waals surface area contributed by atoms with Crippen LogP contribution in [0.1, 0.15) is 10.4 Å². The van der Waals surface area contributed by atoms with Crippen LogP contribution in [0, 0.1) is 0 Å². The smallest absolute Gasteiger partial charge is 0.182 e. The molecular formula is C16H15Cl2NO2. The molecule has 0 fully saturated rings. The van der Waals surface area contributed by atoms with E-state index in [4.69, 9.17) is 27.9 Å². The van der Waals surface area contributed by atoms with Gasteiger partial charge in [-0.25, -0.2) is 0 Å². The van der Waals surface area contributed by atoms with Crippen LogP contribution in [0.2, 0.25) is 10.0 Å². The zero-order valence-corrected chi connectivity index (χ0v) is 13.3. The number of benzene rings is 2. The number of halogens is 2. The van der Waals surface area contributed by atoms with Gasteiger partial charge in [-0.05, 0) is 42.5 Å². The van der Waals surface area contributed by atoms with Crippen LogP contribution >= 0.6 is 23.2 Å². The quantitative estimate of drug-likeness (QED) is 0.767. The third-order valence-electron chi connectivity index (χ3n) is 3.14. The highest BCUT2D eigenvalue weighted by Gasteiger charge is 2.11. The summed E-state index contributed by atoms with van der Waals surface area (Å²) in [6.07, 6.45) is 0. The summed E-state index contributed by atoms with van der Waals surface area (Å²) in [6.45, 7) is 0.254. The summed E-state index contributed by atoms with van der Waals surface area (Å²) in [7, 11) is 3.48. The number of Topliss-reactive ketones (excluding diaryl/α,β-unsaturated/α-hetero) is 1. The van der Waals surface area contributed by atoms with Gasteiger partial charge >= 0.3 is 0 Å². The Balaban J connectivity index is 2.08. The number of nitrogens with zero attached hydrogens (tertiary/aromatic N) is 1. The maximum atomic E-state index is 12.2. The van der Waals surface area contributed by atoms with E-state index in [2.05, 4.69) is 0 Å². The summed E-state index contributed by atoms with van der Waals surface area (Å²) in [4.78, 5) is 14.1. The number of ketones is 1. The molecule has 5 heteroatoms. The first-order valence-corrected chi connectivity index (χ1v) is 7.10. The van der Waals surface area contributed by atoms with E-state index in [0.29, 0.717) is 15.6 Å². The monoisotopic (exact) mass is 323 g/mol. The lowest BCUT2D eigenvalue weighted by Gasteiger charge is -2.18. The molecule has 2 aromatic carbocycles. The fourth-order valence-corrected chi connectivity index (χ4v) is 2.20. The number of carbonyl (C=O) groups excluding carboxylic acids is 1. The van der Waals surface area contributed by atoms with Gasteiger partial charge in [-0.3, -0.25) is 4.79 Å². The Morgan fingerprint density at radius 1 is 1.10 bits per heavy atom. The third-order valence-corrected chi connectivity index (χ3v) is 3.87. The molecule has 0 unspecified atom stereocenters. The molecule has 0 radical (unpaired) electrons. The number of anilines is 1. The summed E-state index contributed by atoms with van der Waals surface area (Å²) >= 11 is 11.8. The molecule has 0 aliphatic rings. The van der Waals surface area contributed by atoms with E-state index in [-0.39, 0.29) is 12.3 Å². The Bertz CT molecular complexity index is 641. The van der Waals surface area contributed by atoms with Crippen LogP contribution in [0.25, 0.3) is 0 Å². The molecule has 3 nitrogen and oxygen atoms in total. The molecule has 2 rings (SSSR count). The fourth-order valence-electron chi connectivity index (χ4n) is 1.90. The highest BCUT2D eigenvalue weighted by Crippen LogP contribution is 2.23. The molecule has 0 aliphatic heterocycles. The lowest BCUT2D eigenvalue weighted by Crippen LogP contribution is -2.25. The molecule has 0 saturated carbocycles.